The SMILES string of the molecule is O=c1cc(Oc2cccc(-c3ccn[nH]3)c2)c2ccccc2[nH]1. The molecule has 4 rings (SSSR count). The zero-order valence-corrected chi connectivity index (χ0v) is 12.1. The molecule has 112 valence electrons. The lowest BCUT2D eigenvalue weighted by molar-refractivity contribution is 0.487. The Bertz CT molecular complexity index is 1020. The third-order valence-corrected chi connectivity index (χ3v) is 3.59. The molecule has 0 radical (unpaired) electrons. The van der Waals surface area contributed by atoms with E-state index in [1.807, 2.05) is 54.6 Å². The summed E-state index contributed by atoms with van der Waals surface area (Å²) >= 11 is 0. The number of benzene rings is 2. The summed E-state index contributed by atoms with van der Waals surface area (Å²) in [5.41, 5.74) is 2.43. The van der Waals surface area contributed by atoms with Gasteiger partial charge >= 0.3 is 0 Å². The molecule has 0 bridgehead atoms. The first-order valence-corrected chi connectivity index (χ1v) is 7.19. The Hall–Kier alpha value is -3.34. The molecule has 0 saturated heterocycles. The van der Waals surface area contributed by atoms with Gasteiger partial charge in [-0.15, -0.1) is 0 Å². The Labute approximate surface area is 131 Å². The normalized spacial score (nSPS) is 10.8. The summed E-state index contributed by atoms with van der Waals surface area (Å²) in [4.78, 5) is 14.6. The fourth-order valence-electron chi connectivity index (χ4n) is 2.53. The summed E-state index contributed by atoms with van der Waals surface area (Å²) in [6.45, 7) is 0. The fraction of sp³-hybridized carbons (Fsp3) is 0. The number of rotatable bonds is 3. The van der Waals surface area contributed by atoms with E-state index < -0.39 is 0 Å². The molecule has 0 atom stereocenters. The van der Waals surface area contributed by atoms with Gasteiger partial charge in [-0.3, -0.25) is 9.89 Å². The molecule has 4 aromatic rings. The maximum absolute atomic E-state index is 11.8. The highest BCUT2D eigenvalue weighted by molar-refractivity contribution is 5.85. The number of para-hydroxylation sites is 1. The van der Waals surface area contributed by atoms with E-state index in [1.165, 1.54) is 6.07 Å². The van der Waals surface area contributed by atoms with Crippen molar-refractivity contribution in [1.82, 2.24) is 15.2 Å². The Kier molecular flexibility index (Phi) is 3.16. The highest BCUT2D eigenvalue weighted by atomic mass is 16.5. The molecule has 0 spiro atoms. The predicted octanol–water partition coefficient (Wildman–Crippen LogP) is 3.71. The molecule has 5 nitrogen and oxygen atoms in total. The molecular weight excluding hydrogens is 290 g/mol. The van der Waals surface area contributed by atoms with E-state index in [-0.39, 0.29) is 5.56 Å². The van der Waals surface area contributed by atoms with Crippen molar-refractivity contribution in [1.29, 1.82) is 0 Å². The third-order valence-electron chi connectivity index (χ3n) is 3.59. The Balaban J connectivity index is 1.77. The monoisotopic (exact) mass is 303 g/mol. The van der Waals surface area contributed by atoms with Crippen LogP contribution in [0.4, 0.5) is 0 Å². The van der Waals surface area contributed by atoms with Crippen molar-refractivity contribution < 1.29 is 4.74 Å². The highest BCUT2D eigenvalue weighted by Gasteiger charge is 2.07. The van der Waals surface area contributed by atoms with Crippen molar-refractivity contribution in [3.63, 3.8) is 0 Å². The summed E-state index contributed by atoms with van der Waals surface area (Å²) in [5, 5.41) is 7.74. The number of hydrogen-bond acceptors (Lipinski definition) is 3. The molecule has 23 heavy (non-hydrogen) atoms. The fourth-order valence-corrected chi connectivity index (χ4v) is 2.53. The van der Waals surface area contributed by atoms with Crippen LogP contribution < -0.4 is 10.3 Å². The molecule has 2 aromatic carbocycles. The first-order chi connectivity index (χ1) is 11.3. The van der Waals surface area contributed by atoms with Crippen LogP contribution in [0.2, 0.25) is 0 Å². The summed E-state index contributed by atoms with van der Waals surface area (Å²) in [6, 6.07) is 18.5. The summed E-state index contributed by atoms with van der Waals surface area (Å²) < 4.78 is 5.96. The van der Waals surface area contributed by atoms with Crippen molar-refractivity contribution in [3.8, 4) is 22.8 Å². The van der Waals surface area contributed by atoms with Gasteiger partial charge in [-0.2, -0.15) is 5.10 Å². The van der Waals surface area contributed by atoms with Crippen molar-refractivity contribution in [2.75, 3.05) is 0 Å². The Morgan fingerprint density at radius 3 is 2.74 bits per heavy atom. The van der Waals surface area contributed by atoms with Crippen molar-refractivity contribution >= 4 is 10.9 Å². The minimum absolute atomic E-state index is 0.191. The second-order valence-electron chi connectivity index (χ2n) is 5.14. The quantitative estimate of drug-likeness (QED) is 0.606. The lowest BCUT2D eigenvalue weighted by Gasteiger charge is -2.09. The van der Waals surface area contributed by atoms with E-state index in [4.69, 9.17) is 4.74 Å². The number of pyridine rings is 1. The highest BCUT2D eigenvalue weighted by Crippen LogP contribution is 2.29. The molecule has 2 aromatic heterocycles. The van der Waals surface area contributed by atoms with Gasteiger partial charge in [-0.25, -0.2) is 0 Å². The lowest BCUT2D eigenvalue weighted by atomic mass is 10.1. The van der Waals surface area contributed by atoms with E-state index in [2.05, 4.69) is 15.2 Å². The van der Waals surface area contributed by atoms with Gasteiger partial charge in [-0.1, -0.05) is 24.3 Å². The third kappa shape index (κ3) is 2.60. The zero-order valence-electron chi connectivity index (χ0n) is 12.1. The topological polar surface area (TPSA) is 70.8 Å². The van der Waals surface area contributed by atoms with Gasteiger partial charge < -0.3 is 9.72 Å². The van der Waals surface area contributed by atoms with Gasteiger partial charge in [0, 0.05) is 23.2 Å². The second kappa shape index (κ2) is 5.46. The van der Waals surface area contributed by atoms with Crippen LogP contribution >= 0.6 is 0 Å². The van der Waals surface area contributed by atoms with Crippen LogP contribution in [-0.2, 0) is 0 Å². The summed E-state index contributed by atoms with van der Waals surface area (Å²) in [6.07, 6.45) is 1.70. The van der Waals surface area contributed by atoms with Crippen LogP contribution in [0.3, 0.4) is 0 Å². The molecule has 5 heteroatoms. The molecule has 0 amide bonds. The van der Waals surface area contributed by atoms with Crippen LogP contribution in [0, 0.1) is 0 Å². The van der Waals surface area contributed by atoms with Crippen LogP contribution in [0.15, 0.2) is 71.7 Å². The van der Waals surface area contributed by atoms with Gasteiger partial charge in [0.1, 0.15) is 11.5 Å². The van der Waals surface area contributed by atoms with Crippen LogP contribution in [0.1, 0.15) is 0 Å². The van der Waals surface area contributed by atoms with E-state index in [1.54, 1.807) is 6.20 Å². The van der Waals surface area contributed by atoms with Crippen molar-refractivity contribution in [3.05, 3.63) is 77.2 Å². The number of H-pyrrole nitrogens is 2. The van der Waals surface area contributed by atoms with Gasteiger partial charge in [0.15, 0.2) is 0 Å². The molecule has 0 aliphatic heterocycles. The maximum Gasteiger partial charge on any atom is 0.252 e. The summed E-state index contributed by atoms with van der Waals surface area (Å²) in [5.74, 6) is 1.19. The molecule has 2 heterocycles. The lowest BCUT2D eigenvalue weighted by Crippen LogP contribution is -2.04. The van der Waals surface area contributed by atoms with Gasteiger partial charge in [0.05, 0.1) is 11.2 Å². The molecule has 0 unspecified atom stereocenters. The standard InChI is InChI=1S/C18H13N3O2/c22-18-11-17(14-6-1-2-7-16(14)20-18)23-13-5-3-4-12(10-13)15-8-9-19-21-15/h1-11H,(H,19,21)(H,20,22). The summed E-state index contributed by atoms with van der Waals surface area (Å²) in [7, 11) is 0. The number of hydrogen-bond donors (Lipinski definition) is 2. The minimum atomic E-state index is -0.191. The zero-order chi connectivity index (χ0) is 15.6. The number of nitrogens with one attached hydrogen (secondary N) is 2. The first-order valence-electron chi connectivity index (χ1n) is 7.19. The molecule has 0 fully saturated rings. The maximum atomic E-state index is 11.8. The van der Waals surface area contributed by atoms with Crippen LogP contribution in [-0.4, -0.2) is 15.2 Å². The molecule has 0 aliphatic rings. The average molecular weight is 303 g/mol. The minimum Gasteiger partial charge on any atom is -0.456 e. The van der Waals surface area contributed by atoms with E-state index in [9.17, 15) is 4.79 Å². The first kappa shape index (κ1) is 13.3. The van der Waals surface area contributed by atoms with Gasteiger partial charge in [0.25, 0.3) is 5.56 Å². The smallest absolute Gasteiger partial charge is 0.252 e. The average Bonchev–Trinajstić information content (AvgIpc) is 3.09. The van der Waals surface area contributed by atoms with E-state index in [0.717, 1.165) is 22.2 Å². The Morgan fingerprint density at radius 1 is 0.957 bits per heavy atom. The van der Waals surface area contributed by atoms with Crippen LogP contribution in [0.25, 0.3) is 22.2 Å². The van der Waals surface area contributed by atoms with E-state index in [0.29, 0.717) is 11.5 Å². The number of ether oxygens (including phenoxy) is 1. The Morgan fingerprint density at radius 2 is 1.87 bits per heavy atom. The number of nitrogens with zero attached hydrogens (tertiary/aromatic N) is 1. The predicted molar refractivity (Wildman–Crippen MR) is 88.7 cm³/mol. The molecule has 0 aliphatic carbocycles. The molecule has 0 saturated carbocycles. The number of aromatic nitrogens is 3. The number of fused-ring (bicyclic) bond motifs is 1. The number of aromatic amines is 2. The van der Waals surface area contributed by atoms with Crippen LogP contribution in [0.5, 0.6) is 11.5 Å². The second-order valence-corrected chi connectivity index (χ2v) is 5.14. The van der Waals surface area contributed by atoms with Crippen molar-refractivity contribution in [2.24, 2.45) is 0 Å². The largest absolute Gasteiger partial charge is 0.456 e. The molecule has 2 N–H and O–H groups in total. The van der Waals surface area contributed by atoms with Gasteiger partial charge in [-0.05, 0) is 30.3 Å². The van der Waals surface area contributed by atoms with E-state index >= 15 is 0 Å². The van der Waals surface area contributed by atoms with Crippen molar-refractivity contribution in [2.45, 2.75) is 0 Å². The van der Waals surface area contributed by atoms with Gasteiger partial charge in [0.2, 0.25) is 0 Å². The molecular formula is C18H13N3O2.